The fourth-order valence-corrected chi connectivity index (χ4v) is 4.48. The third kappa shape index (κ3) is 4.04. The Hall–Kier alpha value is 0.0500. The average molecular weight is 427 g/mol. The molecule has 7 heteroatoms. The Kier molecular flexibility index (Phi) is 6.04. The van der Waals surface area contributed by atoms with Crippen LogP contribution < -0.4 is 0 Å². The van der Waals surface area contributed by atoms with Gasteiger partial charge < -0.3 is 4.74 Å². The standard InChI is InChI=1S/C13H17Br2NO3S/c14-6-9-19-12-4-7-16(8-5-12)20(17,18)13-3-1-2-11(15)10-13/h1-3,10,12H,4-9H2. The highest BCUT2D eigenvalue weighted by molar-refractivity contribution is 9.10. The number of benzene rings is 1. The molecule has 4 nitrogen and oxygen atoms in total. The number of hydrogen-bond acceptors (Lipinski definition) is 3. The lowest BCUT2D eigenvalue weighted by molar-refractivity contribution is 0.0309. The Morgan fingerprint density at radius 2 is 2.00 bits per heavy atom. The molecule has 1 heterocycles. The molecule has 1 saturated heterocycles. The zero-order valence-electron chi connectivity index (χ0n) is 11.0. The van der Waals surface area contributed by atoms with Crippen LogP contribution in [0.15, 0.2) is 33.6 Å². The van der Waals surface area contributed by atoms with E-state index in [9.17, 15) is 8.42 Å². The van der Waals surface area contributed by atoms with Gasteiger partial charge in [0.15, 0.2) is 0 Å². The van der Waals surface area contributed by atoms with E-state index < -0.39 is 10.0 Å². The van der Waals surface area contributed by atoms with Gasteiger partial charge in [0.1, 0.15) is 0 Å². The van der Waals surface area contributed by atoms with Crippen LogP contribution in [0.25, 0.3) is 0 Å². The summed E-state index contributed by atoms with van der Waals surface area (Å²) in [6, 6.07) is 6.83. The molecule has 1 aliphatic rings. The molecular weight excluding hydrogens is 410 g/mol. The Labute approximate surface area is 136 Å². The third-order valence-electron chi connectivity index (χ3n) is 3.27. The van der Waals surface area contributed by atoms with Crippen LogP contribution in [0.5, 0.6) is 0 Å². The van der Waals surface area contributed by atoms with Gasteiger partial charge in [0.05, 0.1) is 17.6 Å². The second kappa shape index (κ2) is 7.35. The molecule has 0 aromatic heterocycles. The number of hydrogen-bond donors (Lipinski definition) is 0. The quantitative estimate of drug-likeness (QED) is 0.680. The summed E-state index contributed by atoms with van der Waals surface area (Å²) in [4.78, 5) is 0.340. The van der Waals surface area contributed by atoms with E-state index in [1.165, 1.54) is 0 Å². The summed E-state index contributed by atoms with van der Waals surface area (Å²) in [5.74, 6) is 0. The molecule has 0 saturated carbocycles. The number of halogens is 2. The molecule has 112 valence electrons. The van der Waals surface area contributed by atoms with Crippen molar-refractivity contribution in [3.05, 3.63) is 28.7 Å². The van der Waals surface area contributed by atoms with Crippen molar-refractivity contribution in [2.45, 2.75) is 23.8 Å². The van der Waals surface area contributed by atoms with Crippen LogP contribution >= 0.6 is 31.9 Å². The summed E-state index contributed by atoms with van der Waals surface area (Å²) in [6.45, 7) is 1.70. The van der Waals surface area contributed by atoms with Gasteiger partial charge in [-0.3, -0.25) is 0 Å². The number of alkyl halides is 1. The highest BCUT2D eigenvalue weighted by Gasteiger charge is 2.29. The van der Waals surface area contributed by atoms with Crippen molar-refractivity contribution in [3.8, 4) is 0 Å². The predicted molar refractivity (Wildman–Crippen MR) is 85.7 cm³/mol. The van der Waals surface area contributed by atoms with E-state index >= 15 is 0 Å². The highest BCUT2D eigenvalue weighted by Crippen LogP contribution is 2.24. The molecule has 0 amide bonds. The van der Waals surface area contributed by atoms with Crippen molar-refractivity contribution < 1.29 is 13.2 Å². The van der Waals surface area contributed by atoms with E-state index in [1.54, 1.807) is 22.5 Å². The number of ether oxygens (including phenoxy) is 1. The minimum absolute atomic E-state index is 0.168. The summed E-state index contributed by atoms with van der Waals surface area (Å²) in [7, 11) is -3.39. The molecule has 0 unspecified atom stereocenters. The largest absolute Gasteiger partial charge is 0.377 e. The smallest absolute Gasteiger partial charge is 0.243 e. The Balaban J connectivity index is 2.02. The van der Waals surface area contributed by atoms with Crippen molar-refractivity contribution in [3.63, 3.8) is 0 Å². The van der Waals surface area contributed by atoms with Gasteiger partial charge in [0.25, 0.3) is 0 Å². The van der Waals surface area contributed by atoms with Gasteiger partial charge in [0, 0.05) is 22.9 Å². The number of piperidine rings is 1. The molecule has 20 heavy (non-hydrogen) atoms. The van der Waals surface area contributed by atoms with Crippen molar-refractivity contribution in [2.75, 3.05) is 25.0 Å². The van der Waals surface area contributed by atoms with Crippen LogP contribution in [-0.4, -0.2) is 43.9 Å². The maximum atomic E-state index is 12.5. The molecule has 1 fully saturated rings. The van der Waals surface area contributed by atoms with Crippen LogP contribution in [0, 0.1) is 0 Å². The van der Waals surface area contributed by atoms with Gasteiger partial charge in [-0.05, 0) is 31.0 Å². The van der Waals surface area contributed by atoms with Gasteiger partial charge in [-0.1, -0.05) is 37.9 Å². The van der Waals surface area contributed by atoms with Gasteiger partial charge in [-0.25, -0.2) is 8.42 Å². The molecule has 0 bridgehead atoms. The van der Waals surface area contributed by atoms with Crippen molar-refractivity contribution in [2.24, 2.45) is 0 Å². The summed E-state index contributed by atoms with van der Waals surface area (Å²) in [5, 5.41) is 0.809. The van der Waals surface area contributed by atoms with Gasteiger partial charge in [-0.2, -0.15) is 4.31 Å². The van der Waals surface area contributed by atoms with Crippen molar-refractivity contribution >= 4 is 41.9 Å². The predicted octanol–water partition coefficient (Wildman–Crippen LogP) is 3.01. The lowest BCUT2D eigenvalue weighted by atomic mass is 10.1. The lowest BCUT2D eigenvalue weighted by Crippen LogP contribution is -2.40. The van der Waals surface area contributed by atoms with E-state index in [0.29, 0.717) is 24.6 Å². The molecule has 1 aromatic rings. The summed E-state index contributed by atoms with van der Waals surface area (Å²) >= 11 is 6.63. The summed E-state index contributed by atoms with van der Waals surface area (Å²) in [6.07, 6.45) is 1.67. The normalized spacial score (nSPS) is 18.3. The fraction of sp³-hybridized carbons (Fsp3) is 0.538. The summed E-state index contributed by atoms with van der Waals surface area (Å²) < 4.78 is 33.0. The first kappa shape index (κ1) is 16.4. The zero-order chi connectivity index (χ0) is 14.6. The third-order valence-corrected chi connectivity index (χ3v) is 5.98. The van der Waals surface area contributed by atoms with E-state index in [-0.39, 0.29) is 6.10 Å². The van der Waals surface area contributed by atoms with Crippen LogP contribution in [0.4, 0.5) is 0 Å². The molecule has 0 aliphatic carbocycles. The molecule has 0 N–H and O–H groups in total. The molecule has 0 atom stereocenters. The van der Waals surface area contributed by atoms with E-state index in [2.05, 4.69) is 31.9 Å². The van der Waals surface area contributed by atoms with Gasteiger partial charge in [0.2, 0.25) is 10.0 Å². The second-order valence-electron chi connectivity index (χ2n) is 4.62. The fourth-order valence-electron chi connectivity index (χ4n) is 2.23. The second-order valence-corrected chi connectivity index (χ2v) is 8.27. The molecule has 0 spiro atoms. The zero-order valence-corrected chi connectivity index (χ0v) is 15.0. The lowest BCUT2D eigenvalue weighted by Gasteiger charge is -2.31. The topological polar surface area (TPSA) is 46.6 Å². The summed E-state index contributed by atoms with van der Waals surface area (Å²) in [5.41, 5.74) is 0. The van der Waals surface area contributed by atoms with Crippen molar-refractivity contribution in [1.82, 2.24) is 4.31 Å². The first-order valence-electron chi connectivity index (χ1n) is 6.47. The van der Waals surface area contributed by atoms with E-state index in [1.807, 2.05) is 6.07 Å². The number of rotatable bonds is 5. The molecule has 2 rings (SSSR count). The van der Waals surface area contributed by atoms with Crippen LogP contribution in [0.2, 0.25) is 0 Å². The Bertz CT molecular complexity index is 542. The minimum Gasteiger partial charge on any atom is -0.377 e. The maximum Gasteiger partial charge on any atom is 0.243 e. The molecule has 0 radical (unpaired) electrons. The number of sulfonamides is 1. The van der Waals surface area contributed by atoms with Gasteiger partial charge >= 0.3 is 0 Å². The average Bonchev–Trinajstić information content (AvgIpc) is 2.45. The van der Waals surface area contributed by atoms with Gasteiger partial charge in [-0.15, -0.1) is 0 Å². The van der Waals surface area contributed by atoms with E-state index in [0.717, 1.165) is 22.6 Å². The Morgan fingerprint density at radius 3 is 2.60 bits per heavy atom. The molecule has 1 aliphatic heterocycles. The monoisotopic (exact) mass is 425 g/mol. The van der Waals surface area contributed by atoms with Crippen LogP contribution in [0.3, 0.4) is 0 Å². The first-order valence-corrected chi connectivity index (χ1v) is 9.83. The minimum atomic E-state index is -3.39. The molecular formula is C13H17Br2NO3S. The Morgan fingerprint density at radius 1 is 1.30 bits per heavy atom. The molecule has 1 aromatic carbocycles. The van der Waals surface area contributed by atoms with Crippen molar-refractivity contribution in [1.29, 1.82) is 0 Å². The van der Waals surface area contributed by atoms with E-state index in [4.69, 9.17) is 4.74 Å². The van der Waals surface area contributed by atoms with Crippen LogP contribution in [-0.2, 0) is 14.8 Å². The first-order chi connectivity index (χ1) is 9.54. The number of nitrogens with zero attached hydrogens (tertiary/aromatic N) is 1. The highest BCUT2D eigenvalue weighted by atomic mass is 79.9. The maximum absolute atomic E-state index is 12.5. The van der Waals surface area contributed by atoms with Crippen LogP contribution in [0.1, 0.15) is 12.8 Å². The SMILES string of the molecule is O=S(=O)(c1cccc(Br)c1)N1CCC(OCCBr)CC1.